The molecule has 1 atom stereocenters. The molecule has 0 fully saturated rings. The first-order valence-electron chi connectivity index (χ1n) is 6.57. The van der Waals surface area contributed by atoms with Crippen LogP contribution in [0.2, 0.25) is 0 Å². The molecule has 98 valence electrons. The maximum Gasteiger partial charge on any atom is 0.306 e. The second kappa shape index (κ2) is 5.53. The molecule has 1 aliphatic rings. The van der Waals surface area contributed by atoms with Gasteiger partial charge < -0.3 is 10.5 Å². The first kappa shape index (κ1) is 13.1. The first-order chi connectivity index (χ1) is 8.72. The molecule has 0 radical (unpaired) electrons. The zero-order valence-corrected chi connectivity index (χ0v) is 10.9. The van der Waals surface area contributed by atoms with E-state index in [0.717, 1.165) is 19.3 Å². The van der Waals surface area contributed by atoms with Crippen molar-refractivity contribution in [3.8, 4) is 0 Å². The van der Waals surface area contributed by atoms with Crippen molar-refractivity contribution < 1.29 is 9.53 Å². The maximum atomic E-state index is 11.7. The molecule has 2 N–H and O–H groups in total. The lowest BCUT2D eigenvalue weighted by Gasteiger charge is -2.32. The lowest BCUT2D eigenvalue weighted by Crippen LogP contribution is -2.38. The minimum atomic E-state index is -0.236. The third kappa shape index (κ3) is 2.41. The SMILES string of the molecule is COC(=O)CC1(CN)CCCCc2ccccc21. The second-order valence-corrected chi connectivity index (χ2v) is 5.10. The molecule has 0 heterocycles. The number of rotatable bonds is 3. The lowest BCUT2D eigenvalue weighted by atomic mass is 9.73. The van der Waals surface area contributed by atoms with Crippen molar-refractivity contribution in [2.75, 3.05) is 13.7 Å². The van der Waals surface area contributed by atoms with Crippen molar-refractivity contribution in [2.24, 2.45) is 5.73 Å². The van der Waals surface area contributed by atoms with Gasteiger partial charge in [-0.15, -0.1) is 0 Å². The number of aryl methyl sites for hydroxylation is 1. The molecular formula is C15H21NO2. The van der Waals surface area contributed by atoms with Crippen LogP contribution in [0.5, 0.6) is 0 Å². The van der Waals surface area contributed by atoms with Gasteiger partial charge in [-0.1, -0.05) is 30.7 Å². The molecule has 0 spiro atoms. The quantitative estimate of drug-likeness (QED) is 0.658. The predicted molar refractivity (Wildman–Crippen MR) is 71.4 cm³/mol. The fourth-order valence-corrected chi connectivity index (χ4v) is 2.99. The summed E-state index contributed by atoms with van der Waals surface area (Å²) in [6, 6.07) is 8.37. The number of carbonyl (C=O) groups is 1. The van der Waals surface area contributed by atoms with Crippen LogP contribution >= 0.6 is 0 Å². The molecule has 3 nitrogen and oxygen atoms in total. The number of benzene rings is 1. The Morgan fingerprint density at radius 2 is 2.17 bits per heavy atom. The van der Waals surface area contributed by atoms with Crippen molar-refractivity contribution >= 4 is 5.97 Å². The highest BCUT2D eigenvalue weighted by atomic mass is 16.5. The number of carbonyl (C=O) groups excluding carboxylic acids is 1. The summed E-state index contributed by atoms with van der Waals surface area (Å²) in [5.74, 6) is -0.169. The van der Waals surface area contributed by atoms with Crippen LogP contribution in [0.25, 0.3) is 0 Å². The lowest BCUT2D eigenvalue weighted by molar-refractivity contribution is -0.142. The molecule has 0 aromatic heterocycles. The van der Waals surface area contributed by atoms with Gasteiger partial charge in [-0.25, -0.2) is 0 Å². The van der Waals surface area contributed by atoms with E-state index in [-0.39, 0.29) is 11.4 Å². The molecule has 1 aromatic carbocycles. The molecule has 0 saturated heterocycles. The van der Waals surface area contributed by atoms with Crippen LogP contribution in [0, 0.1) is 0 Å². The highest BCUT2D eigenvalue weighted by Crippen LogP contribution is 2.38. The first-order valence-corrected chi connectivity index (χ1v) is 6.57. The van der Waals surface area contributed by atoms with Crippen LogP contribution in [0.1, 0.15) is 36.8 Å². The Morgan fingerprint density at radius 3 is 2.89 bits per heavy atom. The largest absolute Gasteiger partial charge is 0.469 e. The van der Waals surface area contributed by atoms with Crippen LogP contribution in [-0.4, -0.2) is 19.6 Å². The molecule has 0 aliphatic heterocycles. The van der Waals surface area contributed by atoms with E-state index >= 15 is 0 Å². The second-order valence-electron chi connectivity index (χ2n) is 5.10. The highest BCUT2D eigenvalue weighted by Gasteiger charge is 2.36. The fourth-order valence-electron chi connectivity index (χ4n) is 2.99. The van der Waals surface area contributed by atoms with E-state index in [1.54, 1.807) is 0 Å². The third-order valence-electron chi connectivity index (χ3n) is 4.04. The van der Waals surface area contributed by atoms with Crippen LogP contribution in [0.4, 0.5) is 0 Å². The van der Waals surface area contributed by atoms with Crippen molar-refractivity contribution in [3.63, 3.8) is 0 Å². The van der Waals surface area contributed by atoms with Crippen molar-refractivity contribution in [3.05, 3.63) is 35.4 Å². The third-order valence-corrected chi connectivity index (χ3v) is 4.04. The monoisotopic (exact) mass is 247 g/mol. The molecular weight excluding hydrogens is 226 g/mol. The predicted octanol–water partition coefficient (Wildman–Crippen LogP) is 2.17. The van der Waals surface area contributed by atoms with Gasteiger partial charge in [-0.2, -0.15) is 0 Å². The smallest absolute Gasteiger partial charge is 0.306 e. The van der Waals surface area contributed by atoms with Crippen molar-refractivity contribution in [2.45, 2.75) is 37.5 Å². The van der Waals surface area contributed by atoms with Gasteiger partial charge in [0.15, 0.2) is 0 Å². The van der Waals surface area contributed by atoms with E-state index in [4.69, 9.17) is 10.5 Å². The molecule has 1 aliphatic carbocycles. The van der Waals surface area contributed by atoms with E-state index in [2.05, 4.69) is 18.2 Å². The average Bonchev–Trinajstić information content (AvgIpc) is 2.59. The van der Waals surface area contributed by atoms with E-state index in [1.165, 1.54) is 24.7 Å². The fraction of sp³-hybridized carbons (Fsp3) is 0.533. The van der Waals surface area contributed by atoms with Gasteiger partial charge in [0.2, 0.25) is 0 Å². The van der Waals surface area contributed by atoms with Gasteiger partial charge in [0, 0.05) is 12.0 Å². The summed E-state index contributed by atoms with van der Waals surface area (Å²) in [4.78, 5) is 11.7. The number of ether oxygens (including phenoxy) is 1. The normalized spacial score (nSPS) is 23.0. The zero-order chi connectivity index (χ0) is 13.0. The summed E-state index contributed by atoms with van der Waals surface area (Å²) in [5.41, 5.74) is 8.36. The minimum absolute atomic E-state index is 0.169. The van der Waals surface area contributed by atoms with Crippen LogP contribution in [-0.2, 0) is 21.4 Å². The molecule has 18 heavy (non-hydrogen) atoms. The summed E-state index contributed by atoms with van der Waals surface area (Å²) in [5, 5.41) is 0. The van der Waals surface area contributed by atoms with Gasteiger partial charge in [-0.05, 0) is 30.4 Å². The van der Waals surface area contributed by atoms with Gasteiger partial charge in [0.05, 0.1) is 13.5 Å². The Bertz CT molecular complexity index is 430. The maximum absolute atomic E-state index is 11.7. The Labute approximate surface area is 108 Å². The summed E-state index contributed by atoms with van der Waals surface area (Å²) >= 11 is 0. The molecule has 0 saturated carbocycles. The molecule has 0 amide bonds. The molecule has 2 rings (SSSR count). The Balaban J connectivity index is 2.42. The number of methoxy groups -OCH3 is 1. The van der Waals surface area contributed by atoms with Gasteiger partial charge in [0.1, 0.15) is 0 Å². The molecule has 1 aromatic rings. The van der Waals surface area contributed by atoms with E-state index in [1.807, 2.05) is 6.07 Å². The summed E-state index contributed by atoms with van der Waals surface area (Å²) in [7, 11) is 1.44. The number of hydrogen-bond acceptors (Lipinski definition) is 3. The van der Waals surface area contributed by atoms with Gasteiger partial charge >= 0.3 is 5.97 Å². The summed E-state index contributed by atoms with van der Waals surface area (Å²) < 4.78 is 4.84. The van der Waals surface area contributed by atoms with Crippen LogP contribution in [0.3, 0.4) is 0 Å². The topological polar surface area (TPSA) is 52.3 Å². The number of nitrogens with two attached hydrogens (primary N) is 1. The van der Waals surface area contributed by atoms with E-state index < -0.39 is 0 Å². The number of esters is 1. The molecule has 1 unspecified atom stereocenters. The van der Waals surface area contributed by atoms with Gasteiger partial charge in [0.25, 0.3) is 0 Å². The Hall–Kier alpha value is -1.35. The Morgan fingerprint density at radius 1 is 1.39 bits per heavy atom. The van der Waals surface area contributed by atoms with Crippen molar-refractivity contribution in [1.82, 2.24) is 0 Å². The van der Waals surface area contributed by atoms with Crippen LogP contribution in [0.15, 0.2) is 24.3 Å². The standard InChI is InChI=1S/C15H21NO2/c1-18-14(17)10-15(11-16)9-5-4-7-12-6-2-3-8-13(12)15/h2-3,6,8H,4-5,7,9-11,16H2,1H3. The van der Waals surface area contributed by atoms with Crippen molar-refractivity contribution in [1.29, 1.82) is 0 Å². The highest BCUT2D eigenvalue weighted by molar-refractivity contribution is 5.71. The number of hydrogen-bond donors (Lipinski definition) is 1. The zero-order valence-electron chi connectivity index (χ0n) is 10.9. The summed E-state index contributed by atoms with van der Waals surface area (Å²) in [6.07, 6.45) is 4.72. The molecule has 0 bridgehead atoms. The van der Waals surface area contributed by atoms with E-state index in [0.29, 0.717) is 13.0 Å². The Kier molecular flexibility index (Phi) is 4.02. The average molecular weight is 247 g/mol. The van der Waals surface area contributed by atoms with Gasteiger partial charge in [-0.3, -0.25) is 4.79 Å². The molecule has 3 heteroatoms. The minimum Gasteiger partial charge on any atom is -0.469 e. The van der Waals surface area contributed by atoms with Crippen LogP contribution < -0.4 is 5.73 Å². The summed E-state index contributed by atoms with van der Waals surface area (Å²) in [6.45, 7) is 0.499. The van der Waals surface area contributed by atoms with E-state index in [9.17, 15) is 4.79 Å². The number of fused-ring (bicyclic) bond motifs is 1.